The van der Waals surface area contributed by atoms with Crippen LogP contribution in [0.25, 0.3) is 5.69 Å². The third kappa shape index (κ3) is 3.89. The molecule has 0 atom stereocenters. The smallest absolute Gasteiger partial charge is 0.294 e. The Hall–Kier alpha value is -3.07. The zero-order valence-corrected chi connectivity index (χ0v) is 14.2. The number of hydrogen-bond acceptors (Lipinski definition) is 6. The van der Waals surface area contributed by atoms with E-state index in [1.54, 1.807) is 27.1 Å². The maximum atomic E-state index is 12.5. The molecule has 0 aliphatic rings. The molecule has 2 aromatic rings. The summed E-state index contributed by atoms with van der Waals surface area (Å²) in [4.78, 5) is 36.7. The van der Waals surface area contributed by atoms with E-state index in [1.165, 1.54) is 33.8 Å². The van der Waals surface area contributed by atoms with Gasteiger partial charge in [0.15, 0.2) is 5.69 Å². The van der Waals surface area contributed by atoms with E-state index in [0.29, 0.717) is 18.8 Å². The molecule has 0 saturated carbocycles. The van der Waals surface area contributed by atoms with Gasteiger partial charge >= 0.3 is 0 Å². The summed E-state index contributed by atoms with van der Waals surface area (Å²) in [6.07, 6.45) is 0. The molecule has 1 aromatic heterocycles. The zero-order chi connectivity index (χ0) is 18.6. The van der Waals surface area contributed by atoms with Gasteiger partial charge in [0, 0.05) is 38.0 Å². The highest BCUT2D eigenvalue weighted by Gasteiger charge is 2.21. The van der Waals surface area contributed by atoms with Gasteiger partial charge in [-0.05, 0) is 20.0 Å². The Morgan fingerprint density at radius 3 is 2.72 bits per heavy atom. The topological polar surface area (TPSA) is 110 Å². The highest BCUT2D eigenvalue weighted by atomic mass is 16.6. The molecule has 0 spiro atoms. The summed E-state index contributed by atoms with van der Waals surface area (Å²) in [6, 6.07) is 7.28. The van der Waals surface area contributed by atoms with Gasteiger partial charge < -0.3 is 10.2 Å². The summed E-state index contributed by atoms with van der Waals surface area (Å²) in [5.41, 5.74) is -0.370. The van der Waals surface area contributed by atoms with E-state index in [9.17, 15) is 19.7 Å². The summed E-state index contributed by atoms with van der Waals surface area (Å²) >= 11 is 0. The largest absolute Gasteiger partial charge is 0.339 e. The fourth-order valence-corrected chi connectivity index (χ4v) is 2.30. The predicted molar refractivity (Wildman–Crippen MR) is 92.1 cm³/mol. The number of hydrogen-bond donors (Lipinski definition) is 1. The van der Waals surface area contributed by atoms with Crippen molar-refractivity contribution >= 4 is 11.6 Å². The van der Waals surface area contributed by atoms with Crippen LogP contribution in [-0.4, -0.2) is 52.7 Å². The molecule has 1 amide bonds. The van der Waals surface area contributed by atoms with Crippen molar-refractivity contribution in [3.8, 4) is 5.69 Å². The van der Waals surface area contributed by atoms with Gasteiger partial charge in [0.05, 0.1) is 4.92 Å². The Labute approximate surface area is 144 Å². The van der Waals surface area contributed by atoms with Gasteiger partial charge in [0.25, 0.3) is 11.6 Å². The Morgan fingerprint density at radius 2 is 2.08 bits per heavy atom. The number of carbonyl (C=O) groups excluding carboxylic acids is 1. The first-order chi connectivity index (χ1) is 11.9. The van der Waals surface area contributed by atoms with Crippen molar-refractivity contribution in [2.45, 2.75) is 6.92 Å². The van der Waals surface area contributed by atoms with Crippen molar-refractivity contribution in [1.29, 1.82) is 0 Å². The third-order valence-electron chi connectivity index (χ3n) is 3.66. The normalized spacial score (nSPS) is 10.5. The second-order valence-electron chi connectivity index (χ2n) is 5.49. The molecule has 132 valence electrons. The van der Waals surface area contributed by atoms with E-state index in [-0.39, 0.29) is 17.1 Å². The lowest BCUT2D eigenvalue weighted by Gasteiger charge is -2.17. The zero-order valence-electron chi connectivity index (χ0n) is 14.2. The molecule has 9 heteroatoms. The number of nitro benzene ring substituents is 1. The quantitative estimate of drug-likeness (QED) is 0.611. The average Bonchev–Trinajstić information content (AvgIpc) is 2.59. The maximum Gasteiger partial charge on any atom is 0.294 e. The van der Waals surface area contributed by atoms with Gasteiger partial charge in [-0.25, -0.2) is 4.68 Å². The Morgan fingerprint density at radius 1 is 1.40 bits per heavy atom. The van der Waals surface area contributed by atoms with Crippen LogP contribution in [0, 0.1) is 17.0 Å². The van der Waals surface area contributed by atoms with Gasteiger partial charge in [0.1, 0.15) is 5.69 Å². The first-order valence-corrected chi connectivity index (χ1v) is 7.61. The minimum Gasteiger partial charge on any atom is -0.339 e. The number of aryl methyl sites for hydroxylation is 1. The first-order valence-electron chi connectivity index (χ1n) is 7.61. The van der Waals surface area contributed by atoms with Gasteiger partial charge in [-0.1, -0.05) is 12.1 Å². The number of nitrogens with one attached hydrogen (secondary N) is 1. The van der Waals surface area contributed by atoms with E-state index in [1.807, 2.05) is 0 Å². The van der Waals surface area contributed by atoms with E-state index >= 15 is 0 Å². The number of amides is 1. The molecule has 0 aliphatic heterocycles. The number of nitrogens with zero attached hydrogens (tertiary/aromatic N) is 4. The molecule has 0 saturated heterocycles. The monoisotopic (exact) mass is 345 g/mol. The van der Waals surface area contributed by atoms with Crippen LogP contribution in [0.1, 0.15) is 16.2 Å². The van der Waals surface area contributed by atoms with Crippen LogP contribution in [0.2, 0.25) is 0 Å². The molecule has 9 nitrogen and oxygen atoms in total. The summed E-state index contributed by atoms with van der Waals surface area (Å²) < 4.78 is 1.25. The number of aromatic nitrogens is 2. The van der Waals surface area contributed by atoms with E-state index < -0.39 is 16.3 Å². The summed E-state index contributed by atoms with van der Waals surface area (Å²) in [7, 11) is 3.32. The maximum absolute atomic E-state index is 12.5. The first kappa shape index (κ1) is 18.3. The Balaban J connectivity index is 2.54. The second-order valence-corrected chi connectivity index (χ2v) is 5.49. The highest BCUT2D eigenvalue weighted by molar-refractivity contribution is 5.91. The lowest BCUT2D eigenvalue weighted by Crippen LogP contribution is -2.37. The van der Waals surface area contributed by atoms with Crippen LogP contribution in [0.15, 0.2) is 35.1 Å². The molecule has 1 heterocycles. The lowest BCUT2D eigenvalue weighted by molar-refractivity contribution is -0.384. The molecule has 0 bridgehead atoms. The number of carbonyl (C=O) groups is 1. The van der Waals surface area contributed by atoms with E-state index in [4.69, 9.17) is 0 Å². The fourth-order valence-electron chi connectivity index (χ4n) is 2.30. The highest BCUT2D eigenvalue weighted by Crippen LogP contribution is 2.22. The molecule has 1 aromatic carbocycles. The molecule has 0 aliphatic carbocycles. The van der Waals surface area contributed by atoms with Gasteiger partial charge in [-0.15, -0.1) is 0 Å². The molecule has 1 N–H and O–H groups in total. The molecule has 0 fully saturated rings. The molecular formula is C16H19N5O4. The van der Waals surface area contributed by atoms with Crippen molar-refractivity contribution in [1.82, 2.24) is 20.0 Å². The van der Waals surface area contributed by atoms with E-state index in [2.05, 4.69) is 10.4 Å². The lowest BCUT2D eigenvalue weighted by atomic mass is 10.2. The molecule has 0 unspecified atom stereocenters. The standard InChI is InChI=1S/C16H19N5O4/c1-11-10-14(22)15(16(23)19(3)9-8-17-2)18-20(11)12-6-4-5-7-13(12)21(24)25/h4-7,10,17H,8-9H2,1-3H3. The van der Waals surface area contributed by atoms with Gasteiger partial charge in [0.2, 0.25) is 5.43 Å². The summed E-state index contributed by atoms with van der Waals surface area (Å²) in [5, 5.41) is 18.3. The van der Waals surface area contributed by atoms with Crippen LogP contribution in [0.5, 0.6) is 0 Å². The van der Waals surface area contributed by atoms with Crippen LogP contribution < -0.4 is 10.7 Å². The van der Waals surface area contributed by atoms with Gasteiger partial charge in [-0.2, -0.15) is 5.10 Å². The predicted octanol–water partition coefficient (Wildman–Crippen LogP) is 0.741. The van der Waals surface area contributed by atoms with Crippen LogP contribution in [0.3, 0.4) is 0 Å². The van der Waals surface area contributed by atoms with Crippen molar-refractivity contribution < 1.29 is 9.72 Å². The molecular weight excluding hydrogens is 326 g/mol. The number of benzene rings is 1. The molecule has 2 rings (SSSR count). The van der Waals surface area contributed by atoms with Crippen molar-refractivity contribution in [2.24, 2.45) is 0 Å². The third-order valence-corrected chi connectivity index (χ3v) is 3.66. The fraction of sp³-hybridized carbons (Fsp3) is 0.312. The van der Waals surface area contributed by atoms with E-state index in [0.717, 1.165) is 0 Å². The number of likely N-dealkylation sites (N-methyl/N-ethyl adjacent to an activating group) is 2. The Bertz CT molecular complexity index is 862. The SMILES string of the molecule is CNCCN(C)C(=O)c1nn(-c2ccccc2[N+](=O)[O-])c(C)cc1=O. The number of para-hydroxylation sites is 2. The Kier molecular flexibility index (Phi) is 5.60. The minimum absolute atomic E-state index is 0.163. The summed E-state index contributed by atoms with van der Waals surface area (Å²) in [6.45, 7) is 2.56. The average molecular weight is 345 g/mol. The van der Waals surface area contributed by atoms with Gasteiger partial charge in [-0.3, -0.25) is 19.7 Å². The molecule has 25 heavy (non-hydrogen) atoms. The number of rotatable bonds is 6. The van der Waals surface area contributed by atoms with Crippen LogP contribution >= 0.6 is 0 Å². The summed E-state index contributed by atoms with van der Waals surface area (Å²) in [5.74, 6) is -0.535. The second kappa shape index (κ2) is 7.67. The van der Waals surface area contributed by atoms with Crippen LogP contribution in [-0.2, 0) is 0 Å². The van der Waals surface area contributed by atoms with Crippen molar-refractivity contribution in [2.75, 3.05) is 27.2 Å². The van der Waals surface area contributed by atoms with Crippen molar-refractivity contribution in [3.63, 3.8) is 0 Å². The minimum atomic E-state index is -0.535. The van der Waals surface area contributed by atoms with Crippen molar-refractivity contribution in [3.05, 3.63) is 62.1 Å². The molecule has 0 radical (unpaired) electrons. The van der Waals surface area contributed by atoms with Crippen LogP contribution in [0.4, 0.5) is 5.69 Å². The number of nitro groups is 1.